The van der Waals surface area contributed by atoms with Crippen molar-refractivity contribution < 1.29 is 4.74 Å². The lowest BCUT2D eigenvalue weighted by Crippen LogP contribution is -2.62. The number of ether oxygens (including phenoxy) is 1. The van der Waals surface area contributed by atoms with Gasteiger partial charge in [-0.3, -0.25) is 9.80 Å². The molecule has 9 heteroatoms. The smallest absolute Gasteiger partial charge is 0.164 e. The number of nitrogens with two attached hydrogens (primary N) is 1. The minimum absolute atomic E-state index is 0.315. The zero-order valence-electron chi connectivity index (χ0n) is 22.2. The van der Waals surface area contributed by atoms with E-state index < -0.39 is 0 Å². The maximum atomic E-state index is 6.39. The number of fused-ring (bicyclic) bond motifs is 1. The molecule has 2 aromatic heterocycles. The first-order chi connectivity index (χ1) is 19.2. The normalized spacial score (nSPS) is 23.1. The Labute approximate surface area is 229 Å². The summed E-state index contributed by atoms with van der Waals surface area (Å²) in [4.78, 5) is 14.3. The Kier molecular flexibility index (Phi) is 6.64. The molecule has 0 unspecified atom stereocenters. The molecule has 1 aliphatic carbocycles. The second-order valence-electron chi connectivity index (χ2n) is 11.0. The SMILES string of the molecule is Nc1ncnc2c1c(-c1ccc(Oc3ccccc3)cc1)nn2C1CCC(N2CCN(C3CNC3)CC2)CC1. The van der Waals surface area contributed by atoms with E-state index in [4.69, 9.17) is 15.6 Å². The van der Waals surface area contributed by atoms with Crippen molar-refractivity contribution in [3.05, 3.63) is 60.9 Å². The highest BCUT2D eigenvalue weighted by molar-refractivity contribution is 5.98. The van der Waals surface area contributed by atoms with Crippen molar-refractivity contribution in [3.8, 4) is 22.8 Å². The van der Waals surface area contributed by atoms with E-state index in [0.717, 1.165) is 65.8 Å². The molecule has 0 bridgehead atoms. The highest BCUT2D eigenvalue weighted by Gasteiger charge is 2.33. The van der Waals surface area contributed by atoms with E-state index in [1.165, 1.54) is 39.0 Å². The summed E-state index contributed by atoms with van der Waals surface area (Å²) in [6, 6.07) is 19.6. The number of para-hydroxylation sites is 1. The number of nitrogens with one attached hydrogen (secondary N) is 1. The summed E-state index contributed by atoms with van der Waals surface area (Å²) in [5.41, 5.74) is 9.03. The number of piperazine rings is 1. The van der Waals surface area contributed by atoms with Crippen LogP contribution in [0.4, 0.5) is 5.82 Å². The fourth-order valence-corrected chi connectivity index (χ4v) is 6.42. The van der Waals surface area contributed by atoms with Crippen molar-refractivity contribution in [3.63, 3.8) is 0 Å². The van der Waals surface area contributed by atoms with E-state index in [1.54, 1.807) is 6.33 Å². The first-order valence-corrected chi connectivity index (χ1v) is 14.2. The van der Waals surface area contributed by atoms with Gasteiger partial charge in [-0.05, 0) is 62.1 Å². The van der Waals surface area contributed by atoms with Gasteiger partial charge in [-0.1, -0.05) is 18.2 Å². The van der Waals surface area contributed by atoms with Crippen LogP contribution in [0.15, 0.2) is 60.9 Å². The van der Waals surface area contributed by atoms with Crippen LogP contribution in [-0.4, -0.2) is 80.9 Å². The van der Waals surface area contributed by atoms with Crippen LogP contribution in [0.1, 0.15) is 31.7 Å². The van der Waals surface area contributed by atoms with Gasteiger partial charge in [0.2, 0.25) is 0 Å². The molecule has 9 nitrogen and oxygen atoms in total. The summed E-state index contributed by atoms with van der Waals surface area (Å²) in [5.74, 6) is 2.06. The topological polar surface area (TPSA) is 97.4 Å². The molecule has 4 aromatic rings. The Morgan fingerprint density at radius 1 is 0.744 bits per heavy atom. The standard InChI is InChI=1S/C30H36N8O/c31-29-27-28(21-6-12-26(13-7-21)39-25-4-2-1-3-5-25)35-38(30(27)34-20-33-29)23-10-8-22(9-11-23)36-14-16-37(17-15-36)24-18-32-19-24/h1-7,12-13,20,22-24,32H,8-11,14-19H2,(H2,31,33,34). The van der Waals surface area contributed by atoms with Crippen molar-refractivity contribution in [1.82, 2.24) is 34.9 Å². The second-order valence-corrected chi connectivity index (χ2v) is 11.0. The Balaban J connectivity index is 1.07. The third-order valence-electron chi connectivity index (χ3n) is 8.78. The van der Waals surface area contributed by atoms with E-state index in [1.807, 2.05) is 54.6 Å². The molecule has 1 saturated carbocycles. The summed E-state index contributed by atoms with van der Waals surface area (Å²) in [6.07, 6.45) is 6.14. The molecule has 39 heavy (non-hydrogen) atoms. The van der Waals surface area contributed by atoms with Gasteiger partial charge in [0.05, 0.1) is 11.4 Å². The highest BCUT2D eigenvalue weighted by Crippen LogP contribution is 2.37. The van der Waals surface area contributed by atoms with Crippen molar-refractivity contribution in [2.75, 3.05) is 45.0 Å². The lowest BCUT2D eigenvalue weighted by Gasteiger charge is -2.46. The van der Waals surface area contributed by atoms with Crippen molar-refractivity contribution in [1.29, 1.82) is 0 Å². The van der Waals surface area contributed by atoms with Crippen molar-refractivity contribution in [2.45, 2.75) is 43.8 Å². The number of aromatic nitrogens is 4. The minimum atomic E-state index is 0.315. The zero-order chi connectivity index (χ0) is 26.2. The number of rotatable bonds is 6. The van der Waals surface area contributed by atoms with Crippen LogP contribution < -0.4 is 15.8 Å². The monoisotopic (exact) mass is 524 g/mol. The summed E-state index contributed by atoms with van der Waals surface area (Å²) >= 11 is 0. The Morgan fingerprint density at radius 2 is 1.38 bits per heavy atom. The predicted octanol–water partition coefficient (Wildman–Crippen LogP) is 3.94. The Bertz CT molecular complexity index is 1400. The van der Waals surface area contributed by atoms with Gasteiger partial charge in [0.1, 0.15) is 29.3 Å². The highest BCUT2D eigenvalue weighted by atomic mass is 16.5. The van der Waals surface area contributed by atoms with Gasteiger partial charge >= 0.3 is 0 Å². The molecule has 3 aliphatic rings. The molecular weight excluding hydrogens is 488 g/mol. The molecule has 0 radical (unpaired) electrons. The molecule has 3 fully saturated rings. The third kappa shape index (κ3) is 4.86. The molecular formula is C30H36N8O. The fourth-order valence-electron chi connectivity index (χ4n) is 6.42. The van der Waals surface area contributed by atoms with Crippen LogP contribution in [0, 0.1) is 0 Å². The number of nitrogens with zero attached hydrogens (tertiary/aromatic N) is 6. The molecule has 2 saturated heterocycles. The molecule has 2 aromatic carbocycles. The summed E-state index contributed by atoms with van der Waals surface area (Å²) in [5, 5.41) is 9.35. The first kappa shape index (κ1) is 24.5. The van der Waals surface area contributed by atoms with Crippen LogP contribution in [-0.2, 0) is 0 Å². The number of hydrogen-bond donors (Lipinski definition) is 2. The van der Waals surface area contributed by atoms with E-state index >= 15 is 0 Å². The van der Waals surface area contributed by atoms with E-state index in [-0.39, 0.29) is 0 Å². The molecule has 0 spiro atoms. The number of anilines is 1. The van der Waals surface area contributed by atoms with Gasteiger partial charge < -0.3 is 15.8 Å². The predicted molar refractivity (Wildman–Crippen MR) is 153 cm³/mol. The van der Waals surface area contributed by atoms with Crippen LogP contribution in [0.5, 0.6) is 11.5 Å². The molecule has 2 aliphatic heterocycles. The van der Waals surface area contributed by atoms with Crippen LogP contribution >= 0.6 is 0 Å². The minimum Gasteiger partial charge on any atom is -0.457 e. The second kappa shape index (κ2) is 10.6. The van der Waals surface area contributed by atoms with Gasteiger partial charge in [0.15, 0.2) is 5.65 Å². The van der Waals surface area contributed by atoms with Gasteiger partial charge in [-0.25, -0.2) is 14.6 Å². The Hall–Kier alpha value is -3.53. The largest absolute Gasteiger partial charge is 0.457 e. The van der Waals surface area contributed by atoms with Gasteiger partial charge in [-0.15, -0.1) is 0 Å². The van der Waals surface area contributed by atoms with Crippen LogP contribution in [0.25, 0.3) is 22.3 Å². The number of hydrogen-bond acceptors (Lipinski definition) is 8. The van der Waals surface area contributed by atoms with Crippen LogP contribution in [0.3, 0.4) is 0 Å². The van der Waals surface area contributed by atoms with E-state index in [9.17, 15) is 0 Å². The zero-order valence-corrected chi connectivity index (χ0v) is 22.2. The molecule has 202 valence electrons. The molecule has 3 N–H and O–H groups in total. The number of benzene rings is 2. The average molecular weight is 525 g/mol. The lowest BCUT2D eigenvalue weighted by atomic mass is 9.89. The summed E-state index contributed by atoms with van der Waals surface area (Å²) in [7, 11) is 0. The van der Waals surface area contributed by atoms with Gasteiger partial charge in [0, 0.05) is 56.9 Å². The average Bonchev–Trinajstić information content (AvgIpc) is 3.35. The van der Waals surface area contributed by atoms with E-state index in [0.29, 0.717) is 17.9 Å². The van der Waals surface area contributed by atoms with Gasteiger partial charge in [0.25, 0.3) is 0 Å². The van der Waals surface area contributed by atoms with Crippen LogP contribution in [0.2, 0.25) is 0 Å². The lowest BCUT2D eigenvalue weighted by molar-refractivity contribution is 0.0376. The third-order valence-corrected chi connectivity index (χ3v) is 8.78. The van der Waals surface area contributed by atoms with Crippen molar-refractivity contribution in [2.24, 2.45) is 0 Å². The van der Waals surface area contributed by atoms with Crippen molar-refractivity contribution >= 4 is 16.9 Å². The van der Waals surface area contributed by atoms with Gasteiger partial charge in [-0.2, -0.15) is 5.10 Å². The maximum Gasteiger partial charge on any atom is 0.164 e. The Morgan fingerprint density at radius 3 is 2.05 bits per heavy atom. The number of nitrogen functional groups attached to an aromatic ring is 1. The fraction of sp³-hybridized carbons (Fsp3) is 0.433. The molecule has 4 heterocycles. The summed E-state index contributed by atoms with van der Waals surface area (Å²) in [6.45, 7) is 7.09. The molecule has 0 amide bonds. The first-order valence-electron chi connectivity index (χ1n) is 14.2. The molecule has 0 atom stereocenters. The maximum absolute atomic E-state index is 6.39. The quantitative estimate of drug-likeness (QED) is 0.392. The molecule has 7 rings (SSSR count). The summed E-state index contributed by atoms with van der Waals surface area (Å²) < 4.78 is 8.10. The van der Waals surface area contributed by atoms with E-state index in [2.05, 4.69) is 29.8 Å².